The van der Waals surface area contributed by atoms with Crippen LogP contribution in [-0.2, 0) is 25.7 Å². The van der Waals surface area contributed by atoms with E-state index in [0.717, 1.165) is 48.8 Å². The van der Waals surface area contributed by atoms with E-state index < -0.39 is 12.0 Å². The second kappa shape index (κ2) is 20.7. The Morgan fingerprint density at radius 2 is 1.30 bits per heavy atom. The summed E-state index contributed by atoms with van der Waals surface area (Å²) >= 11 is 0. The molecule has 0 amide bonds. The zero-order chi connectivity index (χ0) is 31.2. The summed E-state index contributed by atoms with van der Waals surface area (Å²) in [4.78, 5) is 43.2. The van der Waals surface area contributed by atoms with Crippen molar-refractivity contribution in [1.82, 2.24) is 0 Å². The Morgan fingerprint density at radius 3 is 1.93 bits per heavy atom. The van der Waals surface area contributed by atoms with Crippen molar-refractivity contribution in [2.24, 2.45) is 4.99 Å². The molecule has 0 saturated carbocycles. The first kappa shape index (κ1) is 34.4. The summed E-state index contributed by atoms with van der Waals surface area (Å²) in [5.41, 5.74) is 3.38. The average Bonchev–Trinajstić information content (AvgIpc) is 3.06. The molecule has 44 heavy (non-hydrogen) atoms. The number of ether oxygens (including phenoxy) is 1. The molecule has 5 nitrogen and oxygen atoms in total. The van der Waals surface area contributed by atoms with Gasteiger partial charge in [-0.15, -0.1) is 0 Å². The van der Waals surface area contributed by atoms with E-state index in [1.54, 1.807) is 6.08 Å². The Bertz CT molecular complexity index is 1270. The highest BCUT2D eigenvalue weighted by Crippen LogP contribution is 2.17. The first-order chi connectivity index (χ1) is 21.6. The third kappa shape index (κ3) is 13.5. The van der Waals surface area contributed by atoms with Crippen LogP contribution in [0.25, 0.3) is 0 Å². The van der Waals surface area contributed by atoms with E-state index in [-0.39, 0.29) is 31.0 Å². The SMILES string of the molecule is CCCCCC/C=C/C(=O)CCCCCC(=O)CC[C@H](N=C(c1ccccc1)c1ccccc1)C(=O)OCc1ccccc1. The lowest BCUT2D eigenvalue weighted by Gasteiger charge is -2.16. The van der Waals surface area contributed by atoms with E-state index in [1.165, 1.54) is 19.3 Å². The van der Waals surface area contributed by atoms with E-state index in [4.69, 9.17) is 9.73 Å². The largest absolute Gasteiger partial charge is 0.459 e. The third-order valence-electron chi connectivity index (χ3n) is 7.48. The highest BCUT2D eigenvalue weighted by atomic mass is 16.5. The fourth-order valence-electron chi connectivity index (χ4n) is 4.93. The van der Waals surface area contributed by atoms with Crippen LogP contribution in [0.3, 0.4) is 0 Å². The molecule has 0 radical (unpaired) electrons. The van der Waals surface area contributed by atoms with Crippen molar-refractivity contribution in [3.05, 3.63) is 120 Å². The van der Waals surface area contributed by atoms with E-state index in [2.05, 4.69) is 6.92 Å². The minimum Gasteiger partial charge on any atom is -0.459 e. The molecular weight excluding hydrogens is 546 g/mol. The highest BCUT2D eigenvalue weighted by molar-refractivity contribution is 6.13. The van der Waals surface area contributed by atoms with Crippen molar-refractivity contribution >= 4 is 23.2 Å². The molecule has 0 saturated heterocycles. The topological polar surface area (TPSA) is 72.8 Å². The van der Waals surface area contributed by atoms with Crippen LogP contribution in [0.5, 0.6) is 0 Å². The molecule has 0 bridgehead atoms. The number of benzene rings is 3. The Morgan fingerprint density at radius 1 is 0.705 bits per heavy atom. The van der Waals surface area contributed by atoms with Gasteiger partial charge in [0.1, 0.15) is 18.4 Å². The number of hydrogen-bond donors (Lipinski definition) is 0. The standard InChI is InChI=1S/C39H47NO4/c1-2-3-4-5-6-17-26-35(41)27-18-10-19-28-36(42)29-30-37(39(43)44-31-32-20-11-7-12-21-32)40-38(33-22-13-8-14-23-33)34-24-15-9-16-25-34/h7-9,11-17,20-26,37H,2-6,10,18-19,27-31H2,1H3/b26-17+/t37-/m0/s1. The van der Waals surface area contributed by atoms with E-state index in [1.807, 2.05) is 97.1 Å². The number of carbonyl (C=O) groups excluding carboxylic acids is 3. The van der Waals surface area contributed by atoms with Crippen molar-refractivity contribution in [3.8, 4) is 0 Å². The lowest BCUT2D eigenvalue weighted by molar-refractivity contribution is -0.146. The molecular formula is C39H47NO4. The molecule has 1 atom stereocenters. The number of ketones is 2. The number of aliphatic imine (C=N–C) groups is 1. The minimum atomic E-state index is -0.815. The van der Waals surface area contributed by atoms with E-state index >= 15 is 0 Å². The zero-order valence-electron chi connectivity index (χ0n) is 26.2. The summed E-state index contributed by atoms with van der Waals surface area (Å²) in [5.74, 6) is -0.183. The summed E-state index contributed by atoms with van der Waals surface area (Å²) in [6.45, 7) is 2.34. The van der Waals surface area contributed by atoms with Crippen molar-refractivity contribution in [2.75, 3.05) is 0 Å². The van der Waals surface area contributed by atoms with Crippen LogP contribution in [0, 0.1) is 0 Å². The van der Waals surface area contributed by atoms with Gasteiger partial charge in [-0.05, 0) is 43.7 Å². The Balaban J connectivity index is 1.56. The van der Waals surface area contributed by atoms with Crippen molar-refractivity contribution in [1.29, 1.82) is 0 Å². The van der Waals surface area contributed by atoms with Crippen molar-refractivity contribution in [3.63, 3.8) is 0 Å². The Kier molecular flexibility index (Phi) is 16.2. The fraction of sp³-hybridized carbons (Fsp3) is 0.385. The molecule has 0 N–H and O–H groups in total. The van der Waals surface area contributed by atoms with Crippen LogP contribution in [-0.4, -0.2) is 29.3 Å². The second-order valence-corrected chi connectivity index (χ2v) is 11.2. The second-order valence-electron chi connectivity index (χ2n) is 11.2. The first-order valence-corrected chi connectivity index (χ1v) is 16.2. The number of rotatable bonds is 21. The van der Waals surface area contributed by atoms with Gasteiger partial charge < -0.3 is 4.74 Å². The number of hydrogen-bond acceptors (Lipinski definition) is 5. The number of allylic oxidation sites excluding steroid dienone is 2. The predicted molar refractivity (Wildman–Crippen MR) is 179 cm³/mol. The van der Waals surface area contributed by atoms with Crippen molar-refractivity contribution < 1.29 is 19.1 Å². The molecule has 0 fully saturated rings. The maximum atomic E-state index is 13.4. The molecule has 0 heterocycles. The molecule has 3 rings (SSSR count). The monoisotopic (exact) mass is 593 g/mol. The Labute approximate surface area is 263 Å². The lowest BCUT2D eigenvalue weighted by Crippen LogP contribution is -2.25. The van der Waals surface area contributed by atoms with Crippen LogP contribution >= 0.6 is 0 Å². The smallest absolute Gasteiger partial charge is 0.331 e. The van der Waals surface area contributed by atoms with Crippen LogP contribution in [0.1, 0.15) is 101 Å². The van der Waals surface area contributed by atoms with Gasteiger partial charge >= 0.3 is 5.97 Å². The molecule has 0 aliphatic carbocycles. The fourth-order valence-corrected chi connectivity index (χ4v) is 4.93. The van der Waals surface area contributed by atoms with Crippen LogP contribution < -0.4 is 0 Å². The van der Waals surface area contributed by atoms with Crippen LogP contribution in [0.4, 0.5) is 0 Å². The summed E-state index contributed by atoms with van der Waals surface area (Å²) in [6.07, 6.45) is 13.3. The number of nitrogens with zero attached hydrogens (tertiary/aromatic N) is 1. The third-order valence-corrected chi connectivity index (χ3v) is 7.48. The van der Waals surface area contributed by atoms with E-state index in [9.17, 15) is 14.4 Å². The van der Waals surface area contributed by atoms with Gasteiger partial charge in [0.05, 0.1) is 5.71 Å². The molecule has 0 aromatic heterocycles. The molecule has 3 aromatic carbocycles. The summed E-state index contributed by atoms with van der Waals surface area (Å²) < 4.78 is 5.69. The molecule has 0 spiro atoms. The normalized spacial score (nSPS) is 11.7. The van der Waals surface area contributed by atoms with E-state index in [0.29, 0.717) is 18.6 Å². The quantitative estimate of drug-likeness (QED) is 0.0535. The van der Waals surface area contributed by atoms with Gasteiger partial charge in [0.25, 0.3) is 0 Å². The highest BCUT2D eigenvalue weighted by Gasteiger charge is 2.22. The number of esters is 1. The number of Topliss-reactive ketones (excluding diaryl/α,β-unsaturated/α-hetero) is 1. The summed E-state index contributed by atoms with van der Waals surface area (Å²) in [7, 11) is 0. The molecule has 5 heteroatoms. The van der Waals surface area contributed by atoms with Gasteiger partial charge in [0.15, 0.2) is 5.78 Å². The van der Waals surface area contributed by atoms with Gasteiger partial charge in [-0.25, -0.2) is 4.79 Å². The maximum absolute atomic E-state index is 13.4. The molecule has 232 valence electrons. The molecule has 0 aliphatic heterocycles. The number of carbonyl (C=O) groups is 3. The van der Waals surface area contributed by atoms with Gasteiger partial charge in [-0.2, -0.15) is 0 Å². The number of unbranched alkanes of at least 4 members (excludes halogenated alkanes) is 6. The van der Waals surface area contributed by atoms with Crippen LogP contribution in [0.2, 0.25) is 0 Å². The summed E-state index contributed by atoms with van der Waals surface area (Å²) in [6, 6.07) is 28.3. The maximum Gasteiger partial charge on any atom is 0.331 e. The van der Waals surface area contributed by atoms with Crippen LogP contribution in [0.15, 0.2) is 108 Å². The summed E-state index contributed by atoms with van der Waals surface area (Å²) in [5, 5.41) is 0. The Hall–Kier alpha value is -4.12. The lowest BCUT2D eigenvalue weighted by atomic mass is 10.0. The van der Waals surface area contributed by atoms with Gasteiger partial charge in [0.2, 0.25) is 0 Å². The first-order valence-electron chi connectivity index (χ1n) is 16.2. The van der Waals surface area contributed by atoms with Gasteiger partial charge in [0, 0.05) is 30.4 Å². The molecule has 0 unspecified atom stereocenters. The predicted octanol–water partition coefficient (Wildman–Crippen LogP) is 9.03. The van der Waals surface area contributed by atoms with Gasteiger partial charge in [-0.1, -0.05) is 130 Å². The van der Waals surface area contributed by atoms with Crippen molar-refractivity contribution in [2.45, 2.75) is 96.6 Å². The molecule has 0 aliphatic rings. The average molecular weight is 594 g/mol. The molecule has 3 aromatic rings. The van der Waals surface area contributed by atoms with Gasteiger partial charge in [-0.3, -0.25) is 14.6 Å². The zero-order valence-corrected chi connectivity index (χ0v) is 26.2. The minimum absolute atomic E-state index is 0.0975.